The number of amidine groups is 2. The fourth-order valence-corrected chi connectivity index (χ4v) is 12.2. The molecule has 0 bridgehead atoms. The van der Waals surface area contributed by atoms with Gasteiger partial charge in [-0.3, -0.25) is 19.8 Å². The molecule has 11 N–H and O–H groups in total. The highest BCUT2D eigenvalue weighted by atomic mass is 32.1. The monoisotopic (exact) mass is 1730 g/mol. The number of hydrogen-bond donors (Lipinski definition) is 7. The largest absolute Gasteiger partial charge is 0.480 e. The molecule has 4 aromatic heterocycles. The average Bonchev–Trinajstić information content (AvgIpc) is 1.63. The van der Waals surface area contributed by atoms with Gasteiger partial charge in [-0.15, -0.1) is 0 Å². The Morgan fingerprint density at radius 1 is 0.475 bits per heavy atom. The molecule has 3 aliphatic rings. The van der Waals surface area contributed by atoms with Crippen LogP contribution in [0.25, 0.3) is 34.2 Å². The van der Waals surface area contributed by atoms with E-state index in [2.05, 4.69) is 36.2 Å². The molecule has 0 aliphatic carbocycles. The summed E-state index contributed by atoms with van der Waals surface area (Å²) in [7, 11) is 0. The highest BCUT2D eigenvalue weighted by molar-refractivity contribution is 7.59. The quantitative estimate of drug-likeness (QED) is 0.0185. The third-order valence-corrected chi connectivity index (χ3v) is 17.3. The van der Waals surface area contributed by atoms with E-state index in [1.807, 2.05) is 146 Å². The minimum Gasteiger partial charge on any atom is -0.480 e. The number of carboxylic acids is 1. The van der Waals surface area contributed by atoms with Crippen LogP contribution < -0.4 is 27.4 Å². The van der Waals surface area contributed by atoms with Crippen LogP contribution in [-0.2, 0) is 67.9 Å². The normalized spacial score (nSPS) is 14.0. The van der Waals surface area contributed by atoms with Crippen molar-refractivity contribution in [2.45, 2.75) is 261 Å². The zero-order chi connectivity index (χ0) is 84.0. The van der Waals surface area contributed by atoms with Crippen LogP contribution >= 0.6 is 40.5 Å². The van der Waals surface area contributed by atoms with Gasteiger partial charge in [0.25, 0.3) is 17.7 Å². The fourth-order valence-electron chi connectivity index (χ4n) is 12.2. The molecule has 0 fully saturated rings. The SMILES string of the molecule is C.C.C.C/C(N)=N/OC(=O)[C@@H](NC(=O)c1nc(-c2ccccc2)n2c1CN(C(=O)OC(C)(C)C)CCC2)C(C)(C)C.CC(=N)N.CC(C)(C)OC(=O)N1CCCn2c(-c3ccccc3)nc(C(=O)N[C@H](C(=O)O)C(C)(C)C)c2C1.Cc1noc([C@@H](NC(=O)c2nc(-c3ccccc3)n3c2CN(C(=O)OC(C)(C)C)CCC3)C(C)(C)C)n1.O.S.S.S. The third kappa shape index (κ3) is 31.0. The molecule has 7 aromatic rings. The van der Waals surface area contributed by atoms with Crippen molar-refractivity contribution < 1.29 is 72.5 Å². The molecule has 120 heavy (non-hydrogen) atoms. The number of nitrogens with two attached hydrogens (primary N) is 2. The maximum Gasteiger partial charge on any atom is 0.410 e. The van der Waals surface area contributed by atoms with Crippen molar-refractivity contribution in [3.63, 3.8) is 0 Å². The van der Waals surface area contributed by atoms with Gasteiger partial charge in [0, 0.05) is 56.0 Å². The average molecular weight is 1730 g/mol. The first-order valence-corrected chi connectivity index (χ1v) is 37.7. The van der Waals surface area contributed by atoms with Gasteiger partial charge in [-0.05, 0) is 119 Å². The van der Waals surface area contributed by atoms with Gasteiger partial charge in [0.15, 0.2) is 22.9 Å². The van der Waals surface area contributed by atoms with Crippen LogP contribution in [0.1, 0.15) is 246 Å². The molecule has 36 heteroatoms. The van der Waals surface area contributed by atoms with Crippen molar-refractivity contribution in [2.24, 2.45) is 32.9 Å². The number of carbonyl (C=O) groups is 8. The van der Waals surface area contributed by atoms with Gasteiger partial charge in [-0.1, -0.05) is 186 Å². The van der Waals surface area contributed by atoms with Crippen LogP contribution in [0.3, 0.4) is 0 Å². The summed E-state index contributed by atoms with van der Waals surface area (Å²) in [6.45, 7) is 41.3. The Labute approximate surface area is 728 Å². The zero-order valence-corrected chi connectivity index (χ0v) is 74.2. The number of oxime groups is 1. The maximum atomic E-state index is 13.8. The molecule has 3 aliphatic heterocycles. The van der Waals surface area contributed by atoms with E-state index in [9.17, 15) is 43.5 Å². The smallest absolute Gasteiger partial charge is 0.410 e. The Bertz CT molecular complexity index is 4560. The molecular weight excluding hydrogens is 1600 g/mol. The molecule has 3 atom stereocenters. The molecule has 668 valence electrons. The summed E-state index contributed by atoms with van der Waals surface area (Å²) in [6, 6.07) is 26.1. The van der Waals surface area contributed by atoms with E-state index in [-0.39, 0.29) is 123 Å². The number of benzene rings is 3. The first kappa shape index (κ1) is 110. The fraction of sp³-hybridized carbons (Fsp3) is 0.536. The van der Waals surface area contributed by atoms with E-state index in [0.717, 1.165) is 16.7 Å². The second kappa shape index (κ2) is 45.8. The highest BCUT2D eigenvalue weighted by Crippen LogP contribution is 2.36. The molecule has 6 amide bonds. The predicted molar refractivity (Wildman–Crippen MR) is 480 cm³/mol. The van der Waals surface area contributed by atoms with Gasteiger partial charge in [0.2, 0.25) is 5.89 Å². The van der Waals surface area contributed by atoms with Gasteiger partial charge < -0.3 is 90.0 Å². The van der Waals surface area contributed by atoms with Crippen molar-refractivity contribution in [2.75, 3.05) is 19.6 Å². The van der Waals surface area contributed by atoms with Crippen LogP contribution in [0.4, 0.5) is 14.4 Å². The van der Waals surface area contributed by atoms with Crippen molar-refractivity contribution in [1.29, 1.82) is 5.41 Å². The Hall–Kier alpha value is -10.5. The summed E-state index contributed by atoms with van der Waals surface area (Å²) in [5.41, 5.74) is 11.3. The molecule has 0 spiro atoms. The lowest BCUT2D eigenvalue weighted by molar-refractivity contribution is -0.149. The van der Waals surface area contributed by atoms with Gasteiger partial charge >= 0.3 is 30.2 Å². The predicted octanol–water partition coefficient (Wildman–Crippen LogP) is 13.9. The summed E-state index contributed by atoms with van der Waals surface area (Å²) < 4.78 is 28.2. The molecule has 0 saturated carbocycles. The number of aromatic nitrogens is 8. The molecule has 0 radical (unpaired) electrons. The summed E-state index contributed by atoms with van der Waals surface area (Å²) in [5, 5.41) is 31.9. The maximum absolute atomic E-state index is 13.8. The van der Waals surface area contributed by atoms with E-state index < -0.39 is 93.2 Å². The summed E-state index contributed by atoms with van der Waals surface area (Å²) in [5.74, 6) is -0.413. The van der Waals surface area contributed by atoms with Crippen LogP contribution in [0, 0.1) is 28.6 Å². The van der Waals surface area contributed by atoms with Crippen molar-refractivity contribution in [3.8, 4) is 34.2 Å². The Balaban J connectivity index is 0.00000168. The standard InChI is InChI=1S/C27H38N6O5.C27H36N6O4.C25H34N4O5.C2H6N2.3CH4.H2O.3H2S/c1-17(28)31-38-24(35)21(26(2,3)4)30-23(34)20-19-16-32(25(36)37-27(5,6)7)14-11-15-33(19)22(29-20)18-12-9-8-10-13-18;1-17-28-24(37-31-17)21(26(2,3)4)30-23(34)20-19-16-32(25(35)36-27(5,6)7)14-11-15-33(19)22(29-20)18-12-9-8-10-13-18;1-24(2,3)19(22(31)32)27-21(30)18-17-15-28(23(33)34-25(4,5)6)13-10-14-29(17)20(26-18)16-11-8-7-9-12-16;1-2(3)4;;;;;;;/h8-10,12-13,21H,11,14-16H2,1-7H3,(H2,28,31)(H,30,34);8-10,12-13,21H,11,14-16H2,1-7H3,(H,30,34);7-9,11-12,19H,10,13-15H2,1-6H3,(H,27,30)(H,31,32);1H3,(H3,3,4);3*1H4;4*1H2/t2*21-;19-;;;;;;;;/m111......../s1. The lowest BCUT2D eigenvalue weighted by Gasteiger charge is -2.28. The number of ether oxygens (including phenoxy) is 3. The number of amides is 6. The van der Waals surface area contributed by atoms with Gasteiger partial charge in [0.1, 0.15) is 58.2 Å². The number of fused-ring (bicyclic) bond motifs is 3. The molecule has 10 rings (SSSR count). The van der Waals surface area contributed by atoms with Crippen LogP contribution in [0.15, 0.2) is 101 Å². The number of nitrogens with one attached hydrogen (secondary N) is 4. The second-order valence-corrected chi connectivity index (χ2v) is 34.2. The van der Waals surface area contributed by atoms with E-state index >= 15 is 0 Å². The Morgan fingerprint density at radius 3 is 1.02 bits per heavy atom. The van der Waals surface area contributed by atoms with Gasteiger partial charge in [0.05, 0.1) is 42.6 Å². The first-order chi connectivity index (χ1) is 52.5. The minimum absolute atomic E-state index is 0. The van der Waals surface area contributed by atoms with Crippen molar-refractivity contribution in [3.05, 3.63) is 137 Å². The Morgan fingerprint density at radius 2 is 0.767 bits per heavy atom. The number of aliphatic carboxylic acids is 1. The first-order valence-electron chi connectivity index (χ1n) is 37.7. The molecule has 0 unspecified atom stereocenters. The number of nitrogens with zero attached hydrogens (tertiary/aromatic N) is 12. The van der Waals surface area contributed by atoms with Crippen LogP contribution in [-0.4, -0.2) is 172 Å². The molecule has 0 saturated heterocycles. The Kier molecular flexibility index (Phi) is 41.8. The van der Waals surface area contributed by atoms with Gasteiger partial charge in [-0.25, -0.2) is 38.9 Å². The minimum atomic E-state index is -1.12. The lowest BCUT2D eigenvalue weighted by atomic mass is 9.86. The van der Waals surface area contributed by atoms with Crippen LogP contribution in [0.5, 0.6) is 0 Å². The number of carboxylic acid groups (broad SMARTS) is 1. The topological polar surface area (TPSA) is 452 Å². The third-order valence-electron chi connectivity index (χ3n) is 17.3. The molecular formula is C84H134N18O15S3. The number of hydrogen-bond acceptors (Lipinski definition) is 20. The highest BCUT2D eigenvalue weighted by Gasteiger charge is 2.41. The summed E-state index contributed by atoms with van der Waals surface area (Å²) in [4.78, 5) is 133. The summed E-state index contributed by atoms with van der Waals surface area (Å²) in [6.07, 6.45) is 0.664. The number of aryl methyl sites for hydroxylation is 1. The van der Waals surface area contributed by atoms with E-state index in [1.54, 1.807) is 105 Å². The molecule has 33 nitrogen and oxygen atoms in total. The van der Waals surface area contributed by atoms with Crippen LogP contribution in [0.2, 0.25) is 0 Å². The van der Waals surface area contributed by atoms with Crippen molar-refractivity contribution in [1.82, 2.24) is 69.4 Å². The van der Waals surface area contributed by atoms with Crippen molar-refractivity contribution >= 4 is 100 Å². The van der Waals surface area contributed by atoms with E-state index in [4.69, 9.17) is 50.4 Å². The number of imidazole rings is 3. The number of rotatable bonds is 13. The summed E-state index contributed by atoms with van der Waals surface area (Å²) >= 11 is 0. The number of carbonyl (C=O) groups excluding carboxylic acids is 7. The zero-order valence-electron chi connectivity index (χ0n) is 71.2. The molecule has 3 aromatic carbocycles. The second-order valence-electron chi connectivity index (χ2n) is 34.2. The van der Waals surface area contributed by atoms with Gasteiger partial charge in [-0.2, -0.15) is 45.5 Å². The van der Waals surface area contributed by atoms with E-state index in [1.165, 1.54) is 13.8 Å². The molecule has 7 heterocycles. The lowest BCUT2D eigenvalue weighted by Crippen LogP contribution is -2.50. The van der Waals surface area contributed by atoms with E-state index in [0.29, 0.717) is 105 Å².